The molecule has 124 valence electrons. The first kappa shape index (κ1) is 16.9. The van der Waals surface area contributed by atoms with E-state index in [2.05, 4.69) is 17.2 Å². The van der Waals surface area contributed by atoms with Crippen LogP contribution in [0.3, 0.4) is 0 Å². The first-order valence-corrected chi connectivity index (χ1v) is 7.66. The third-order valence-corrected chi connectivity index (χ3v) is 3.29. The number of benzene rings is 1. The third-order valence-electron chi connectivity index (χ3n) is 3.29. The molecule has 0 atom stereocenters. The second kappa shape index (κ2) is 6.73. The van der Waals surface area contributed by atoms with E-state index in [-0.39, 0.29) is 5.97 Å². The molecule has 3 N–H and O–H groups in total. The van der Waals surface area contributed by atoms with Gasteiger partial charge in [-0.3, -0.25) is 0 Å². The van der Waals surface area contributed by atoms with E-state index in [0.717, 1.165) is 12.2 Å². The number of nitrogens with two attached hydrogens (primary N) is 1. The Labute approximate surface area is 136 Å². The number of anilines is 2. The van der Waals surface area contributed by atoms with Crippen LogP contribution in [-0.4, -0.2) is 21.1 Å². The van der Waals surface area contributed by atoms with Crippen molar-refractivity contribution in [2.24, 2.45) is 0 Å². The van der Waals surface area contributed by atoms with Crippen molar-refractivity contribution in [2.45, 2.75) is 46.4 Å². The van der Waals surface area contributed by atoms with Crippen molar-refractivity contribution >= 4 is 17.3 Å². The number of ether oxygens (including phenoxy) is 1. The first-order chi connectivity index (χ1) is 10.8. The lowest BCUT2D eigenvalue weighted by atomic mass is 10.1. The summed E-state index contributed by atoms with van der Waals surface area (Å²) in [4.78, 5) is 16.3. The summed E-state index contributed by atoms with van der Waals surface area (Å²) >= 11 is 0. The molecule has 0 spiro atoms. The normalized spacial score (nSPS) is 11.3. The summed E-state index contributed by atoms with van der Waals surface area (Å²) in [6, 6.07) is 5.10. The molecule has 0 fully saturated rings. The standard InChI is InChI=1S/C17H24N4O2/c1-5-21-11-19-9-13(21)10-20-15-8-12(6-7-14(15)18)16(22)23-17(2,3)4/h6-9,11,20H,5,10,18H2,1-4H3. The van der Waals surface area contributed by atoms with Gasteiger partial charge in [0, 0.05) is 12.7 Å². The van der Waals surface area contributed by atoms with Crippen molar-refractivity contribution in [3.8, 4) is 0 Å². The number of nitrogens with one attached hydrogen (secondary N) is 1. The Morgan fingerprint density at radius 3 is 2.78 bits per heavy atom. The average Bonchev–Trinajstić information content (AvgIpc) is 2.92. The van der Waals surface area contributed by atoms with E-state index in [0.29, 0.717) is 23.5 Å². The number of nitrogens with zero attached hydrogens (tertiary/aromatic N) is 2. The summed E-state index contributed by atoms with van der Waals surface area (Å²) in [5.41, 5.74) is 8.27. The van der Waals surface area contributed by atoms with E-state index in [9.17, 15) is 4.79 Å². The predicted molar refractivity (Wildman–Crippen MR) is 91.3 cm³/mol. The molecule has 0 unspecified atom stereocenters. The molecule has 23 heavy (non-hydrogen) atoms. The SMILES string of the molecule is CCn1cncc1CNc1cc(C(=O)OC(C)(C)C)ccc1N. The van der Waals surface area contributed by atoms with Crippen LogP contribution >= 0.6 is 0 Å². The van der Waals surface area contributed by atoms with E-state index in [1.165, 1.54) is 0 Å². The van der Waals surface area contributed by atoms with Crippen LogP contribution in [0.15, 0.2) is 30.7 Å². The molecule has 0 saturated carbocycles. The van der Waals surface area contributed by atoms with Gasteiger partial charge in [0.05, 0.1) is 35.5 Å². The molecule has 0 amide bonds. The highest BCUT2D eigenvalue weighted by atomic mass is 16.6. The fourth-order valence-corrected chi connectivity index (χ4v) is 2.14. The number of hydrogen-bond donors (Lipinski definition) is 2. The minimum Gasteiger partial charge on any atom is -0.456 e. The van der Waals surface area contributed by atoms with Crippen molar-refractivity contribution in [1.29, 1.82) is 0 Å². The van der Waals surface area contributed by atoms with Crippen LogP contribution in [-0.2, 0) is 17.8 Å². The van der Waals surface area contributed by atoms with Crippen LogP contribution in [0.1, 0.15) is 43.7 Å². The smallest absolute Gasteiger partial charge is 0.338 e. The second-order valence-corrected chi connectivity index (χ2v) is 6.33. The van der Waals surface area contributed by atoms with E-state index >= 15 is 0 Å². The summed E-state index contributed by atoms with van der Waals surface area (Å²) < 4.78 is 7.43. The van der Waals surface area contributed by atoms with Crippen molar-refractivity contribution in [3.05, 3.63) is 42.0 Å². The van der Waals surface area contributed by atoms with Gasteiger partial charge in [-0.1, -0.05) is 0 Å². The lowest BCUT2D eigenvalue weighted by molar-refractivity contribution is 0.00696. The molecule has 0 aliphatic heterocycles. The highest BCUT2D eigenvalue weighted by Gasteiger charge is 2.18. The highest BCUT2D eigenvalue weighted by molar-refractivity contribution is 5.92. The molecule has 2 aromatic rings. The molecule has 1 aromatic heterocycles. The van der Waals surface area contributed by atoms with Gasteiger partial charge in [0.1, 0.15) is 5.60 Å². The van der Waals surface area contributed by atoms with E-state index in [4.69, 9.17) is 10.5 Å². The molecule has 1 aromatic carbocycles. The van der Waals surface area contributed by atoms with Crippen molar-refractivity contribution < 1.29 is 9.53 Å². The molecular weight excluding hydrogens is 292 g/mol. The molecule has 0 aliphatic carbocycles. The maximum absolute atomic E-state index is 12.2. The van der Waals surface area contributed by atoms with Crippen LogP contribution in [0.2, 0.25) is 0 Å². The van der Waals surface area contributed by atoms with Gasteiger partial charge in [0.15, 0.2) is 0 Å². The van der Waals surface area contributed by atoms with Gasteiger partial charge in [-0.05, 0) is 45.9 Å². The second-order valence-electron chi connectivity index (χ2n) is 6.33. The number of carbonyl (C=O) groups is 1. The molecule has 6 nitrogen and oxygen atoms in total. The van der Waals surface area contributed by atoms with Crippen molar-refractivity contribution in [1.82, 2.24) is 9.55 Å². The Morgan fingerprint density at radius 1 is 1.39 bits per heavy atom. The molecule has 0 bridgehead atoms. The number of rotatable bonds is 5. The number of carbonyl (C=O) groups excluding carboxylic acids is 1. The van der Waals surface area contributed by atoms with E-state index in [1.54, 1.807) is 24.5 Å². The molecular formula is C17H24N4O2. The lowest BCUT2D eigenvalue weighted by Crippen LogP contribution is -2.24. The molecule has 1 heterocycles. The van der Waals surface area contributed by atoms with Crippen LogP contribution < -0.4 is 11.1 Å². The van der Waals surface area contributed by atoms with Gasteiger partial charge >= 0.3 is 5.97 Å². The average molecular weight is 316 g/mol. The number of esters is 1. The van der Waals surface area contributed by atoms with Crippen LogP contribution in [0.4, 0.5) is 11.4 Å². The molecule has 0 saturated heterocycles. The number of nitrogen functional groups attached to an aromatic ring is 1. The molecule has 0 radical (unpaired) electrons. The number of hydrogen-bond acceptors (Lipinski definition) is 5. The number of aromatic nitrogens is 2. The summed E-state index contributed by atoms with van der Waals surface area (Å²) in [6.45, 7) is 9.01. The zero-order valence-corrected chi connectivity index (χ0v) is 14.1. The van der Waals surface area contributed by atoms with Gasteiger partial charge in [0.2, 0.25) is 0 Å². The number of aryl methyl sites for hydroxylation is 1. The minimum atomic E-state index is -0.528. The quantitative estimate of drug-likeness (QED) is 0.654. The summed E-state index contributed by atoms with van der Waals surface area (Å²) in [5.74, 6) is -0.362. The first-order valence-electron chi connectivity index (χ1n) is 7.66. The summed E-state index contributed by atoms with van der Waals surface area (Å²) in [5, 5.41) is 3.25. The largest absolute Gasteiger partial charge is 0.456 e. The van der Waals surface area contributed by atoms with Crippen LogP contribution in [0.5, 0.6) is 0 Å². The van der Waals surface area contributed by atoms with E-state index in [1.807, 2.05) is 31.5 Å². The van der Waals surface area contributed by atoms with Crippen molar-refractivity contribution in [2.75, 3.05) is 11.1 Å². The van der Waals surface area contributed by atoms with Gasteiger partial charge in [-0.2, -0.15) is 0 Å². The highest BCUT2D eigenvalue weighted by Crippen LogP contribution is 2.22. The molecule has 2 rings (SSSR count). The zero-order chi connectivity index (χ0) is 17.0. The topological polar surface area (TPSA) is 82.2 Å². The third kappa shape index (κ3) is 4.48. The zero-order valence-electron chi connectivity index (χ0n) is 14.1. The van der Waals surface area contributed by atoms with Crippen LogP contribution in [0.25, 0.3) is 0 Å². The Bertz CT molecular complexity index is 686. The van der Waals surface area contributed by atoms with Gasteiger partial charge in [0.25, 0.3) is 0 Å². The Hall–Kier alpha value is -2.50. The lowest BCUT2D eigenvalue weighted by Gasteiger charge is -2.20. The Morgan fingerprint density at radius 2 is 2.13 bits per heavy atom. The number of imidazole rings is 1. The summed E-state index contributed by atoms with van der Waals surface area (Å²) in [7, 11) is 0. The van der Waals surface area contributed by atoms with Gasteiger partial charge < -0.3 is 20.4 Å². The molecule has 0 aliphatic rings. The maximum Gasteiger partial charge on any atom is 0.338 e. The van der Waals surface area contributed by atoms with Gasteiger partial charge in [-0.25, -0.2) is 9.78 Å². The fourth-order valence-electron chi connectivity index (χ4n) is 2.14. The van der Waals surface area contributed by atoms with Crippen molar-refractivity contribution in [3.63, 3.8) is 0 Å². The molecule has 6 heteroatoms. The minimum absolute atomic E-state index is 0.362. The summed E-state index contributed by atoms with van der Waals surface area (Å²) in [6.07, 6.45) is 3.60. The fraction of sp³-hybridized carbons (Fsp3) is 0.412. The van der Waals surface area contributed by atoms with E-state index < -0.39 is 5.60 Å². The Balaban J connectivity index is 2.13. The van der Waals surface area contributed by atoms with Crippen LogP contribution in [0, 0.1) is 0 Å². The predicted octanol–water partition coefficient (Wildman–Crippen LogP) is 3.05. The monoisotopic (exact) mass is 316 g/mol. The van der Waals surface area contributed by atoms with Gasteiger partial charge in [-0.15, -0.1) is 0 Å². The maximum atomic E-state index is 12.2. The Kier molecular flexibility index (Phi) is 4.93.